The van der Waals surface area contributed by atoms with Gasteiger partial charge in [0.05, 0.1) is 52.9 Å². The lowest BCUT2D eigenvalue weighted by atomic mass is 9.94. The SMILES string of the molecule is CCC1c2cc(OC)c(OC)cc2-c2c1c(Nc1cccc(Br)c1)nn2C(=O)OCCOCCOCCO. The Bertz CT molecular complexity index is 1260. The molecule has 10 nitrogen and oxygen atoms in total. The zero-order chi connectivity index (χ0) is 27.1. The fourth-order valence-electron chi connectivity index (χ4n) is 4.55. The van der Waals surface area contributed by atoms with Crippen molar-refractivity contribution in [2.45, 2.75) is 19.3 Å². The number of fused-ring (bicyclic) bond motifs is 3. The van der Waals surface area contributed by atoms with E-state index in [2.05, 4.69) is 33.3 Å². The van der Waals surface area contributed by atoms with Crippen LogP contribution in [-0.2, 0) is 14.2 Å². The van der Waals surface area contributed by atoms with Crippen LogP contribution in [-0.4, -0.2) is 74.8 Å². The number of carbonyl (C=O) groups is 1. The van der Waals surface area contributed by atoms with E-state index in [0.29, 0.717) is 36.2 Å². The normalized spacial score (nSPS) is 13.7. The summed E-state index contributed by atoms with van der Waals surface area (Å²) in [5.74, 6) is 1.75. The molecule has 0 saturated heterocycles. The van der Waals surface area contributed by atoms with E-state index < -0.39 is 6.09 Å². The number of nitrogens with one attached hydrogen (secondary N) is 1. The van der Waals surface area contributed by atoms with Gasteiger partial charge in [0.25, 0.3) is 0 Å². The second kappa shape index (κ2) is 13.1. The number of hydrogen-bond acceptors (Lipinski definition) is 9. The molecule has 1 aliphatic carbocycles. The molecule has 2 aromatic carbocycles. The number of hydrogen-bond donors (Lipinski definition) is 2. The van der Waals surface area contributed by atoms with E-state index in [-0.39, 0.29) is 32.3 Å². The molecule has 2 N–H and O–H groups in total. The van der Waals surface area contributed by atoms with Gasteiger partial charge in [-0.05, 0) is 42.3 Å². The van der Waals surface area contributed by atoms with E-state index in [0.717, 1.165) is 33.3 Å². The fraction of sp³-hybridized carbons (Fsp3) is 0.407. The van der Waals surface area contributed by atoms with E-state index in [1.807, 2.05) is 36.4 Å². The smallest absolute Gasteiger partial charge is 0.435 e. The Balaban J connectivity index is 1.64. The van der Waals surface area contributed by atoms with Crippen LogP contribution in [0.3, 0.4) is 0 Å². The number of aliphatic hydroxyl groups is 1. The molecule has 3 aromatic rings. The highest BCUT2D eigenvalue weighted by atomic mass is 79.9. The van der Waals surface area contributed by atoms with Crippen LogP contribution in [0.15, 0.2) is 40.9 Å². The van der Waals surface area contributed by atoms with Gasteiger partial charge < -0.3 is 34.1 Å². The monoisotopic (exact) mass is 589 g/mol. The fourth-order valence-corrected chi connectivity index (χ4v) is 4.95. The van der Waals surface area contributed by atoms with Crippen molar-refractivity contribution >= 4 is 33.5 Å². The number of methoxy groups -OCH3 is 2. The lowest BCUT2D eigenvalue weighted by Crippen LogP contribution is -2.19. The summed E-state index contributed by atoms with van der Waals surface area (Å²) in [6.07, 6.45) is 0.177. The Labute approximate surface area is 229 Å². The summed E-state index contributed by atoms with van der Waals surface area (Å²) in [6, 6.07) is 11.6. The highest BCUT2D eigenvalue weighted by Gasteiger charge is 2.38. The lowest BCUT2D eigenvalue weighted by Gasteiger charge is -2.15. The van der Waals surface area contributed by atoms with Crippen LogP contribution in [0.25, 0.3) is 11.3 Å². The summed E-state index contributed by atoms with van der Waals surface area (Å²) in [4.78, 5) is 13.3. The van der Waals surface area contributed by atoms with Crippen LogP contribution in [0.5, 0.6) is 11.5 Å². The van der Waals surface area contributed by atoms with Gasteiger partial charge in [0.2, 0.25) is 0 Å². The zero-order valence-electron chi connectivity index (χ0n) is 21.7. The Kier molecular flexibility index (Phi) is 9.62. The minimum absolute atomic E-state index is 0.0155. The average molecular weight is 590 g/mol. The lowest BCUT2D eigenvalue weighted by molar-refractivity contribution is 0.0185. The minimum atomic E-state index is -0.610. The van der Waals surface area contributed by atoms with Crippen LogP contribution in [0.2, 0.25) is 0 Å². The molecule has 0 radical (unpaired) electrons. The predicted octanol–water partition coefficient (Wildman–Crippen LogP) is 4.94. The number of aliphatic hydroxyl groups excluding tert-OH is 1. The first-order valence-electron chi connectivity index (χ1n) is 12.4. The Hall–Kier alpha value is -3.12. The van der Waals surface area contributed by atoms with Crippen molar-refractivity contribution in [3.05, 3.63) is 52.0 Å². The molecule has 204 valence electrons. The first kappa shape index (κ1) is 27.9. The second-order valence-electron chi connectivity index (χ2n) is 8.48. The maximum atomic E-state index is 13.3. The number of ether oxygens (including phenoxy) is 5. The van der Waals surface area contributed by atoms with Crippen molar-refractivity contribution in [1.82, 2.24) is 9.78 Å². The molecule has 0 bridgehead atoms. The highest BCUT2D eigenvalue weighted by molar-refractivity contribution is 9.10. The first-order valence-corrected chi connectivity index (χ1v) is 13.2. The summed E-state index contributed by atoms with van der Waals surface area (Å²) in [5.41, 5.74) is 4.27. The van der Waals surface area contributed by atoms with Crippen molar-refractivity contribution in [3.8, 4) is 22.8 Å². The molecular formula is C27H32BrN3O7. The molecule has 0 aliphatic heterocycles. The topological polar surface area (TPSA) is 113 Å². The number of carbonyl (C=O) groups excluding carboxylic acids is 1. The number of halogens is 1. The van der Waals surface area contributed by atoms with Crippen molar-refractivity contribution in [1.29, 1.82) is 0 Å². The number of anilines is 2. The molecule has 0 fully saturated rings. The summed E-state index contributed by atoms with van der Waals surface area (Å²) < 4.78 is 29.4. The van der Waals surface area contributed by atoms with E-state index in [9.17, 15) is 4.79 Å². The summed E-state index contributed by atoms with van der Waals surface area (Å²) in [7, 11) is 3.19. The zero-order valence-corrected chi connectivity index (χ0v) is 23.2. The van der Waals surface area contributed by atoms with Crippen LogP contribution in [0.1, 0.15) is 30.4 Å². The van der Waals surface area contributed by atoms with Gasteiger partial charge in [-0.3, -0.25) is 0 Å². The Morgan fingerprint density at radius 1 is 1.05 bits per heavy atom. The standard InChI is InChI=1S/C27H32BrN3O7/c1-4-19-20-15-22(34-2)23(35-3)16-21(20)25-24(19)26(29-18-7-5-6-17(28)14-18)30-31(25)27(33)38-13-12-37-11-10-36-9-8-32/h5-7,14-16,19,32H,4,8-13H2,1-3H3,(H,29,30). The third kappa shape index (κ3) is 5.96. The largest absolute Gasteiger partial charge is 0.493 e. The molecule has 1 unspecified atom stereocenters. The van der Waals surface area contributed by atoms with Crippen LogP contribution < -0.4 is 14.8 Å². The summed E-state index contributed by atoms with van der Waals surface area (Å²) >= 11 is 3.51. The third-order valence-electron chi connectivity index (χ3n) is 6.19. The molecule has 38 heavy (non-hydrogen) atoms. The Morgan fingerprint density at radius 2 is 1.76 bits per heavy atom. The van der Waals surface area contributed by atoms with Crippen molar-refractivity contribution in [2.24, 2.45) is 0 Å². The third-order valence-corrected chi connectivity index (χ3v) is 6.68. The summed E-state index contributed by atoms with van der Waals surface area (Å²) in [6.45, 7) is 3.27. The van der Waals surface area contributed by atoms with Gasteiger partial charge in [-0.1, -0.05) is 28.9 Å². The summed E-state index contributed by atoms with van der Waals surface area (Å²) in [5, 5.41) is 16.8. The highest BCUT2D eigenvalue weighted by Crippen LogP contribution is 2.52. The molecule has 4 rings (SSSR count). The van der Waals surface area contributed by atoms with Crippen LogP contribution >= 0.6 is 15.9 Å². The van der Waals surface area contributed by atoms with Crippen molar-refractivity contribution in [3.63, 3.8) is 0 Å². The molecule has 1 aromatic heterocycles. The number of rotatable bonds is 13. The van der Waals surface area contributed by atoms with Gasteiger partial charge in [-0.25, -0.2) is 4.79 Å². The molecule has 1 heterocycles. The van der Waals surface area contributed by atoms with Gasteiger partial charge in [0, 0.05) is 27.2 Å². The quantitative estimate of drug-likeness (QED) is 0.267. The van der Waals surface area contributed by atoms with E-state index in [4.69, 9.17) is 28.8 Å². The van der Waals surface area contributed by atoms with Crippen LogP contribution in [0, 0.1) is 0 Å². The van der Waals surface area contributed by atoms with Crippen molar-refractivity contribution in [2.75, 3.05) is 59.2 Å². The number of nitrogens with zero attached hydrogens (tertiary/aromatic N) is 2. The van der Waals surface area contributed by atoms with E-state index >= 15 is 0 Å². The van der Waals surface area contributed by atoms with Gasteiger partial charge >= 0.3 is 6.09 Å². The molecule has 0 amide bonds. The van der Waals surface area contributed by atoms with E-state index in [1.165, 1.54) is 4.68 Å². The van der Waals surface area contributed by atoms with Crippen LogP contribution in [0.4, 0.5) is 16.3 Å². The van der Waals surface area contributed by atoms with Crippen molar-refractivity contribution < 1.29 is 33.6 Å². The van der Waals surface area contributed by atoms with Gasteiger partial charge in [-0.2, -0.15) is 4.68 Å². The Morgan fingerprint density at radius 3 is 2.45 bits per heavy atom. The van der Waals surface area contributed by atoms with Gasteiger partial charge in [0.15, 0.2) is 17.3 Å². The molecule has 0 spiro atoms. The molecule has 1 atom stereocenters. The molecular weight excluding hydrogens is 558 g/mol. The molecule has 1 aliphatic rings. The number of benzene rings is 2. The molecule has 0 saturated carbocycles. The minimum Gasteiger partial charge on any atom is -0.493 e. The maximum Gasteiger partial charge on any atom is 0.435 e. The first-order chi connectivity index (χ1) is 18.5. The molecule has 11 heteroatoms. The average Bonchev–Trinajstić information content (AvgIpc) is 3.44. The van der Waals surface area contributed by atoms with Gasteiger partial charge in [-0.15, -0.1) is 5.10 Å². The van der Waals surface area contributed by atoms with Gasteiger partial charge in [0.1, 0.15) is 6.61 Å². The van der Waals surface area contributed by atoms with E-state index in [1.54, 1.807) is 14.2 Å². The maximum absolute atomic E-state index is 13.3. The number of aromatic nitrogens is 2. The predicted molar refractivity (Wildman–Crippen MR) is 146 cm³/mol. The second-order valence-corrected chi connectivity index (χ2v) is 9.39.